The molecule has 0 aromatic carbocycles. The highest BCUT2D eigenvalue weighted by Gasteiger charge is 2.00. The van der Waals surface area contributed by atoms with Crippen LogP contribution >= 0.6 is 0 Å². The molecular weight excluding hydrogens is 134 g/mol. The Balaban J connectivity index is 2.42. The average molecular weight is 143 g/mol. The van der Waals surface area contributed by atoms with E-state index in [1.54, 1.807) is 0 Å². The van der Waals surface area contributed by atoms with Crippen molar-refractivity contribution >= 4 is 5.95 Å². The number of nitrogens with two attached hydrogens (primary N) is 1. The van der Waals surface area contributed by atoms with Gasteiger partial charge in [-0.25, -0.2) is 0 Å². The minimum absolute atomic E-state index is 0.148. The first-order valence-electron chi connectivity index (χ1n) is 2.98. The Morgan fingerprint density at radius 3 is 3.00 bits per heavy atom. The lowest BCUT2D eigenvalue weighted by atomic mass is 10.7. The summed E-state index contributed by atoms with van der Waals surface area (Å²) < 4.78 is 9.64. The summed E-state index contributed by atoms with van der Waals surface area (Å²) in [6, 6.07) is 0. The molecule has 1 aromatic heterocycles. The van der Waals surface area contributed by atoms with E-state index >= 15 is 0 Å². The third-order valence-corrected chi connectivity index (χ3v) is 0.913. The molecule has 5 nitrogen and oxygen atoms in total. The molecule has 0 atom stereocenters. The molecule has 5 heteroatoms. The minimum atomic E-state index is 0.148. The summed E-state index contributed by atoms with van der Waals surface area (Å²) in [7, 11) is 0. The van der Waals surface area contributed by atoms with E-state index in [9.17, 15) is 0 Å². The fourth-order valence-corrected chi connectivity index (χ4v) is 0.516. The van der Waals surface area contributed by atoms with Crippen molar-refractivity contribution in [2.75, 3.05) is 12.3 Å². The molecule has 0 aliphatic heterocycles. The first kappa shape index (κ1) is 7.01. The molecule has 0 amide bonds. The molecule has 0 aliphatic rings. The van der Waals surface area contributed by atoms with Crippen molar-refractivity contribution in [2.24, 2.45) is 0 Å². The van der Waals surface area contributed by atoms with Gasteiger partial charge in [0.05, 0.1) is 0 Å². The van der Waals surface area contributed by atoms with Gasteiger partial charge in [-0.05, 0) is 12.1 Å². The van der Waals surface area contributed by atoms with Crippen LogP contribution in [0.4, 0.5) is 5.95 Å². The van der Waals surface area contributed by atoms with Gasteiger partial charge in [0.2, 0.25) is 0 Å². The van der Waals surface area contributed by atoms with Crippen molar-refractivity contribution in [2.45, 2.75) is 13.5 Å². The Hall–Kier alpha value is -1.10. The molecule has 0 fully saturated rings. The van der Waals surface area contributed by atoms with Gasteiger partial charge in [0.25, 0.3) is 11.8 Å². The van der Waals surface area contributed by atoms with Crippen LogP contribution in [0.25, 0.3) is 0 Å². The molecule has 0 radical (unpaired) electrons. The lowest BCUT2D eigenvalue weighted by Gasteiger charge is -1.91. The zero-order valence-corrected chi connectivity index (χ0v) is 5.70. The third kappa shape index (κ3) is 1.70. The fraction of sp³-hybridized carbons (Fsp3) is 0.600. The quantitative estimate of drug-likeness (QED) is 0.653. The Bertz CT molecular complexity index is 199. The minimum Gasteiger partial charge on any atom is -0.372 e. The van der Waals surface area contributed by atoms with Gasteiger partial charge in [-0.2, -0.15) is 4.98 Å². The average Bonchev–Trinajstić information content (AvgIpc) is 2.31. The molecule has 0 saturated heterocycles. The number of nitrogen functional groups attached to an aromatic ring is 1. The Morgan fingerprint density at radius 1 is 1.70 bits per heavy atom. The van der Waals surface area contributed by atoms with Gasteiger partial charge < -0.3 is 15.0 Å². The number of aromatic nitrogens is 2. The smallest absolute Gasteiger partial charge is 0.260 e. The van der Waals surface area contributed by atoms with E-state index in [2.05, 4.69) is 14.7 Å². The molecule has 0 saturated carbocycles. The fourth-order valence-electron chi connectivity index (χ4n) is 0.516. The van der Waals surface area contributed by atoms with Crippen molar-refractivity contribution in [3.05, 3.63) is 5.89 Å². The van der Waals surface area contributed by atoms with Crippen LogP contribution in [-0.4, -0.2) is 16.7 Å². The number of hydrogen-bond acceptors (Lipinski definition) is 5. The summed E-state index contributed by atoms with van der Waals surface area (Å²) in [5.41, 5.74) is 5.18. The van der Waals surface area contributed by atoms with Crippen LogP contribution < -0.4 is 5.73 Å². The van der Waals surface area contributed by atoms with Crippen molar-refractivity contribution in [1.82, 2.24) is 10.1 Å². The third-order valence-electron chi connectivity index (χ3n) is 0.913. The van der Waals surface area contributed by atoms with Crippen LogP contribution in [0, 0.1) is 0 Å². The van der Waals surface area contributed by atoms with Gasteiger partial charge in [-0.1, -0.05) is 0 Å². The normalized spacial score (nSPS) is 10.1. The molecule has 2 N–H and O–H groups in total. The van der Waals surface area contributed by atoms with Gasteiger partial charge in [0.15, 0.2) is 0 Å². The number of nitrogens with zero attached hydrogens (tertiary/aromatic N) is 2. The van der Waals surface area contributed by atoms with Gasteiger partial charge in [-0.3, -0.25) is 0 Å². The molecular formula is C5H9N3O2. The topological polar surface area (TPSA) is 74.2 Å². The molecule has 0 aliphatic carbocycles. The first-order chi connectivity index (χ1) is 4.83. The standard InChI is InChI=1S/C5H9N3O2/c1-2-9-3-4-7-5(6)8-10-4/h2-3H2,1H3,(H2,6,8). The zero-order chi connectivity index (χ0) is 7.40. The van der Waals surface area contributed by atoms with E-state index in [4.69, 9.17) is 10.5 Å². The molecule has 1 aromatic rings. The summed E-state index contributed by atoms with van der Waals surface area (Å²) >= 11 is 0. The maximum absolute atomic E-state index is 5.18. The molecule has 0 bridgehead atoms. The molecule has 0 unspecified atom stereocenters. The first-order valence-corrected chi connectivity index (χ1v) is 2.98. The summed E-state index contributed by atoms with van der Waals surface area (Å²) in [4.78, 5) is 3.72. The Morgan fingerprint density at radius 2 is 2.50 bits per heavy atom. The van der Waals surface area contributed by atoms with E-state index in [1.165, 1.54) is 0 Å². The van der Waals surface area contributed by atoms with Crippen molar-refractivity contribution in [3.63, 3.8) is 0 Å². The summed E-state index contributed by atoms with van der Waals surface area (Å²) in [5.74, 6) is 0.564. The van der Waals surface area contributed by atoms with E-state index in [-0.39, 0.29) is 5.95 Å². The lowest BCUT2D eigenvalue weighted by molar-refractivity contribution is 0.109. The van der Waals surface area contributed by atoms with Crippen LogP contribution in [0.1, 0.15) is 12.8 Å². The lowest BCUT2D eigenvalue weighted by Crippen LogP contribution is -1.92. The maximum Gasteiger partial charge on any atom is 0.260 e. The van der Waals surface area contributed by atoms with Crippen LogP contribution in [0.3, 0.4) is 0 Å². The van der Waals surface area contributed by atoms with E-state index in [1.807, 2.05) is 6.92 Å². The van der Waals surface area contributed by atoms with Crippen molar-refractivity contribution < 1.29 is 9.26 Å². The van der Waals surface area contributed by atoms with Gasteiger partial charge >= 0.3 is 0 Å². The van der Waals surface area contributed by atoms with Crippen LogP contribution in [0.15, 0.2) is 4.52 Å². The number of anilines is 1. The summed E-state index contributed by atoms with van der Waals surface area (Å²) in [6.07, 6.45) is 0. The molecule has 1 rings (SSSR count). The molecule has 56 valence electrons. The van der Waals surface area contributed by atoms with Gasteiger partial charge in [0.1, 0.15) is 6.61 Å². The zero-order valence-electron chi connectivity index (χ0n) is 5.70. The van der Waals surface area contributed by atoms with Crippen LogP contribution in [-0.2, 0) is 11.3 Å². The predicted molar refractivity (Wildman–Crippen MR) is 34.0 cm³/mol. The highest BCUT2D eigenvalue weighted by molar-refractivity contribution is 5.09. The molecule has 1 heterocycles. The highest BCUT2D eigenvalue weighted by Crippen LogP contribution is 1.98. The van der Waals surface area contributed by atoms with Crippen LogP contribution in [0.2, 0.25) is 0 Å². The van der Waals surface area contributed by atoms with E-state index in [0.717, 1.165) is 0 Å². The molecule has 0 spiro atoms. The van der Waals surface area contributed by atoms with Gasteiger partial charge in [0, 0.05) is 6.61 Å². The number of ether oxygens (including phenoxy) is 1. The SMILES string of the molecule is CCOCc1nc(N)no1. The predicted octanol–water partition coefficient (Wildman–Crippen LogP) is 0.188. The van der Waals surface area contributed by atoms with E-state index < -0.39 is 0 Å². The Kier molecular flexibility index (Phi) is 2.22. The monoisotopic (exact) mass is 143 g/mol. The van der Waals surface area contributed by atoms with E-state index in [0.29, 0.717) is 19.1 Å². The van der Waals surface area contributed by atoms with Crippen molar-refractivity contribution in [3.8, 4) is 0 Å². The second kappa shape index (κ2) is 3.17. The largest absolute Gasteiger partial charge is 0.372 e. The second-order valence-electron chi connectivity index (χ2n) is 1.68. The second-order valence-corrected chi connectivity index (χ2v) is 1.68. The highest BCUT2D eigenvalue weighted by atomic mass is 16.5. The number of hydrogen-bond donors (Lipinski definition) is 1. The Labute approximate surface area is 58.2 Å². The number of rotatable bonds is 3. The van der Waals surface area contributed by atoms with Crippen molar-refractivity contribution in [1.29, 1.82) is 0 Å². The molecule has 10 heavy (non-hydrogen) atoms. The maximum atomic E-state index is 5.18. The van der Waals surface area contributed by atoms with Crippen LogP contribution in [0.5, 0.6) is 0 Å². The van der Waals surface area contributed by atoms with Gasteiger partial charge in [-0.15, -0.1) is 0 Å². The summed E-state index contributed by atoms with van der Waals surface area (Å²) in [5, 5.41) is 3.38. The summed E-state index contributed by atoms with van der Waals surface area (Å²) in [6.45, 7) is 2.85.